The second kappa shape index (κ2) is 2.46. The lowest BCUT2D eigenvalue weighted by Crippen LogP contribution is -1.80. The second-order valence-corrected chi connectivity index (χ2v) is 2.66. The molecule has 0 spiro atoms. The Bertz CT molecular complexity index is 176. The van der Waals surface area contributed by atoms with E-state index in [9.17, 15) is 0 Å². The molecule has 0 unspecified atom stereocenters. The van der Waals surface area contributed by atoms with Crippen LogP contribution >= 0.6 is 27.5 Å². The zero-order valence-electron chi connectivity index (χ0n) is 4.22. The van der Waals surface area contributed by atoms with Gasteiger partial charge in [0.25, 0.3) is 0 Å². The topological polar surface area (TPSA) is 22.1 Å². The molecule has 1 aromatic heterocycles. The van der Waals surface area contributed by atoms with E-state index in [4.69, 9.17) is 4.74 Å². The highest BCUT2D eigenvalue weighted by Crippen LogP contribution is 2.23. The highest BCUT2D eigenvalue weighted by atomic mass is 79.9. The first-order valence-electron chi connectivity index (χ1n) is 1.98. The van der Waals surface area contributed by atoms with Crippen molar-refractivity contribution in [1.29, 1.82) is 0 Å². The van der Waals surface area contributed by atoms with Crippen LogP contribution in [0, 0.1) is 0 Å². The van der Waals surface area contributed by atoms with Crippen LogP contribution in [0.1, 0.15) is 0 Å². The van der Waals surface area contributed by atoms with Crippen LogP contribution in [-0.4, -0.2) is 11.5 Å². The number of methoxy groups -OCH3 is 1. The van der Waals surface area contributed by atoms with Crippen LogP contribution in [0.2, 0.25) is 0 Å². The number of hydrogen-bond donors (Lipinski definition) is 0. The van der Waals surface area contributed by atoms with E-state index in [2.05, 4.69) is 20.3 Å². The maximum atomic E-state index is 4.84. The van der Waals surface area contributed by atoms with Crippen molar-refractivity contribution < 1.29 is 4.74 Å². The fourth-order valence-electron chi connectivity index (χ4n) is 0.349. The SMILES string of the molecule is COc1nscc1Br. The summed E-state index contributed by atoms with van der Waals surface area (Å²) < 4.78 is 9.67. The molecule has 8 heavy (non-hydrogen) atoms. The number of rotatable bonds is 1. The van der Waals surface area contributed by atoms with Gasteiger partial charge in [-0.3, -0.25) is 0 Å². The molecule has 0 saturated heterocycles. The molecule has 1 aromatic rings. The zero-order chi connectivity index (χ0) is 5.98. The van der Waals surface area contributed by atoms with Crippen LogP contribution in [0.3, 0.4) is 0 Å². The van der Waals surface area contributed by atoms with E-state index in [1.54, 1.807) is 7.11 Å². The normalized spacial score (nSPS) is 9.25. The van der Waals surface area contributed by atoms with E-state index in [0.717, 1.165) is 4.47 Å². The van der Waals surface area contributed by atoms with Crippen molar-refractivity contribution in [2.45, 2.75) is 0 Å². The minimum absolute atomic E-state index is 0.662. The molecule has 0 fully saturated rings. The molecule has 1 rings (SSSR count). The first-order chi connectivity index (χ1) is 3.84. The van der Waals surface area contributed by atoms with E-state index in [1.807, 2.05) is 5.38 Å². The highest BCUT2D eigenvalue weighted by Gasteiger charge is 1.98. The molecule has 4 heteroatoms. The monoisotopic (exact) mass is 193 g/mol. The summed E-state index contributed by atoms with van der Waals surface area (Å²) in [5, 5.41) is 1.87. The predicted molar refractivity (Wildman–Crippen MR) is 36.4 cm³/mol. The van der Waals surface area contributed by atoms with E-state index in [1.165, 1.54) is 11.5 Å². The molecule has 0 saturated carbocycles. The van der Waals surface area contributed by atoms with Gasteiger partial charge in [0.15, 0.2) is 0 Å². The summed E-state index contributed by atoms with van der Waals surface area (Å²) in [5.74, 6) is 0.662. The van der Waals surface area contributed by atoms with Crippen molar-refractivity contribution in [2.24, 2.45) is 0 Å². The van der Waals surface area contributed by atoms with Crippen LogP contribution in [0.25, 0.3) is 0 Å². The molecule has 0 aromatic carbocycles. The van der Waals surface area contributed by atoms with Gasteiger partial charge in [-0.2, -0.15) is 4.37 Å². The van der Waals surface area contributed by atoms with Gasteiger partial charge in [-0.15, -0.1) is 0 Å². The molecule has 0 N–H and O–H groups in total. The third-order valence-corrected chi connectivity index (χ3v) is 2.17. The van der Waals surface area contributed by atoms with Gasteiger partial charge in [0, 0.05) is 5.38 Å². The Morgan fingerprint density at radius 2 is 2.62 bits per heavy atom. The quantitative estimate of drug-likeness (QED) is 0.681. The number of ether oxygens (including phenoxy) is 1. The van der Waals surface area contributed by atoms with Crippen LogP contribution in [0.15, 0.2) is 9.85 Å². The largest absolute Gasteiger partial charge is 0.480 e. The summed E-state index contributed by atoms with van der Waals surface area (Å²) in [5.41, 5.74) is 0. The summed E-state index contributed by atoms with van der Waals surface area (Å²) in [4.78, 5) is 0. The third-order valence-electron chi connectivity index (χ3n) is 0.689. The van der Waals surface area contributed by atoms with Gasteiger partial charge < -0.3 is 4.74 Å². The maximum absolute atomic E-state index is 4.84. The fraction of sp³-hybridized carbons (Fsp3) is 0.250. The first kappa shape index (κ1) is 6.04. The van der Waals surface area contributed by atoms with E-state index >= 15 is 0 Å². The predicted octanol–water partition coefficient (Wildman–Crippen LogP) is 1.91. The third kappa shape index (κ3) is 1.00. The minimum atomic E-state index is 0.662. The highest BCUT2D eigenvalue weighted by molar-refractivity contribution is 9.10. The Labute approximate surface area is 59.8 Å². The summed E-state index contributed by atoms with van der Waals surface area (Å²) >= 11 is 4.62. The van der Waals surface area contributed by atoms with Crippen molar-refractivity contribution in [1.82, 2.24) is 4.37 Å². The van der Waals surface area contributed by atoms with Crippen molar-refractivity contribution >= 4 is 27.5 Å². The number of halogens is 1. The summed E-state index contributed by atoms with van der Waals surface area (Å²) in [7, 11) is 1.60. The lowest BCUT2D eigenvalue weighted by Gasteiger charge is -1.89. The van der Waals surface area contributed by atoms with Crippen molar-refractivity contribution in [2.75, 3.05) is 7.11 Å². The molecule has 2 nitrogen and oxygen atoms in total. The molecular weight excluding hydrogens is 190 g/mol. The zero-order valence-corrected chi connectivity index (χ0v) is 6.62. The average molecular weight is 194 g/mol. The summed E-state index contributed by atoms with van der Waals surface area (Å²) in [6.45, 7) is 0. The Morgan fingerprint density at radius 1 is 1.88 bits per heavy atom. The molecule has 1 heterocycles. The van der Waals surface area contributed by atoms with Gasteiger partial charge in [-0.25, -0.2) is 0 Å². The Balaban J connectivity index is 2.92. The standard InChI is InChI=1S/C4H4BrNOS/c1-7-4-3(5)2-8-6-4/h2H,1H3. The Morgan fingerprint density at radius 3 is 2.88 bits per heavy atom. The fourth-order valence-corrected chi connectivity index (χ4v) is 1.48. The lowest BCUT2D eigenvalue weighted by molar-refractivity contribution is 0.400. The molecule has 0 radical (unpaired) electrons. The van der Waals surface area contributed by atoms with Crippen LogP contribution in [-0.2, 0) is 0 Å². The Kier molecular flexibility index (Phi) is 1.85. The van der Waals surface area contributed by atoms with Crippen LogP contribution < -0.4 is 4.74 Å². The van der Waals surface area contributed by atoms with E-state index < -0.39 is 0 Å². The van der Waals surface area contributed by atoms with Gasteiger partial charge in [-0.05, 0) is 27.5 Å². The Hall–Kier alpha value is -0.0900. The molecule has 0 bridgehead atoms. The van der Waals surface area contributed by atoms with Crippen molar-refractivity contribution in [3.05, 3.63) is 9.85 Å². The van der Waals surface area contributed by atoms with Gasteiger partial charge in [0.1, 0.15) is 0 Å². The first-order valence-corrected chi connectivity index (χ1v) is 3.61. The minimum Gasteiger partial charge on any atom is -0.480 e. The lowest BCUT2D eigenvalue weighted by atomic mass is 10.7. The van der Waals surface area contributed by atoms with Crippen LogP contribution in [0.5, 0.6) is 5.88 Å². The summed E-state index contributed by atoms with van der Waals surface area (Å²) in [6, 6.07) is 0. The number of aromatic nitrogens is 1. The molecule has 0 amide bonds. The summed E-state index contributed by atoms with van der Waals surface area (Å²) in [6.07, 6.45) is 0. The van der Waals surface area contributed by atoms with E-state index in [-0.39, 0.29) is 0 Å². The van der Waals surface area contributed by atoms with E-state index in [0.29, 0.717) is 5.88 Å². The molecular formula is C4H4BrNOS. The average Bonchev–Trinajstić information content (AvgIpc) is 2.14. The molecule has 44 valence electrons. The van der Waals surface area contributed by atoms with Gasteiger partial charge in [0.2, 0.25) is 5.88 Å². The van der Waals surface area contributed by atoms with Crippen molar-refractivity contribution in [3.8, 4) is 5.88 Å². The van der Waals surface area contributed by atoms with Crippen LogP contribution in [0.4, 0.5) is 0 Å². The number of nitrogens with zero attached hydrogens (tertiary/aromatic N) is 1. The van der Waals surface area contributed by atoms with Crippen molar-refractivity contribution in [3.63, 3.8) is 0 Å². The molecule has 0 atom stereocenters. The molecule has 0 aliphatic heterocycles. The van der Waals surface area contributed by atoms with Gasteiger partial charge in [-0.1, -0.05) is 0 Å². The smallest absolute Gasteiger partial charge is 0.239 e. The number of hydrogen-bond acceptors (Lipinski definition) is 3. The van der Waals surface area contributed by atoms with Gasteiger partial charge in [0.05, 0.1) is 11.6 Å². The molecule has 0 aliphatic carbocycles. The van der Waals surface area contributed by atoms with Gasteiger partial charge >= 0.3 is 0 Å². The molecule has 0 aliphatic rings. The second-order valence-electron chi connectivity index (χ2n) is 1.17. The maximum Gasteiger partial charge on any atom is 0.239 e.